The lowest BCUT2D eigenvalue weighted by Gasteiger charge is -2.11. The van der Waals surface area contributed by atoms with Gasteiger partial charge in [-0.1, -0.05) is 29.8 Å². The van der Waals surface area contributed by atoms with E-state index in [1.807, 2.05) is 49.6 Å². The number of aromatic nitrogens is 6. The minimum Gasteiger partial charge on any atom is -0.306 e. The quantitative estimate of drug-likeness (QED) is 0.368. The topological polar surface area (TPSA) is 90.5 Å². The van der Waals surface area contributed by atoms with Crippen molar-refractivity contribution in [3.05, 3.63) is 83.4 Å². The van der Waals surface area contributed by atoms with E-state index in [-0.39, 0.29) is 5.91 Å². The lowest BCUT2D eigenvalue weighted by molar-refractivity contribution is 0.102. The molecule has 0 bridgehead atoms. The van der Waals surface area contributed by atoms with Crippen LogP contribution in [0.2, 0.25) is 0 Å². The number of nitrogens with one attached hydrogen (secondary N) is 1. The Bertz CT molecular complexity index is 1540. The highest BCUT2D eigenvalue weighted by Crippen LogP contribution is 2.26. The molecule has 170 valence electrons. The smallest absolute Gasteiger partial charge is 0.257 e. The Kier molecular flexibility index (Phi) is 5.62. The van der Waals surface area contributed by atoms with Gasteiger partial charge in [0.2, 0.25) is 0 Å². The van der Waals surface area contributed by atoms with Gasteiger partial charge in [-0.05, 0) is 50.8 Å². The third-order valence-corrected chi connectivity index (χ3v) is 6.35. The first-order valence-electron chi connectivity index (χ1n) is 10.7. The zero-order chi connectivity index (χ0) is 23.8. The molecule has 9 heteroatoms. The number of amides is 1. The monoisotopic (exact) mass is 469 g/mol. The largest absolute Gasteiger partial charge is 0.306 e. The van der Waals surface area contributed by atoms with Crippen molar-refractivity contribution in [2.24, 2.45) is 0 Å². The molecule has 0 aliphatic carbocycles. The molecule has 3 aromatic heterocycles. The molecule has 5 rings (SSSR count). The molecule has 8 nitrogen and oxygen atoms in total. The minimum absolute atomic E-state index is 0.206. The van der Waals surface area contributed by atoms with E-state index in [1.54, 1.807) is 15.6 Å². The number of aryl methyl sites for hydroxylation is 3. The van der Waals surface area contributed by atoms with Crippen molar-refractivity contribution in [1.82, 2.24) is 29.5 Å². The highest BCUT2D eigenvalue weighted by molar-refractivity contribution is 7.98. The standard InChI is InChI=1S/C25H23N7OS/c1-15-9-10-20(16(2)11-15)31-23-19(13-28-31)24(27-14-26-23)32-22(12-17(3)30-32)29-25(33)18-7-5-6-8-21(18)34-4/h5-14H,1-4H3,(H,29,33). The number of fused-ring (bicyclic) bond motifs is 1. The summed E-state index contributed by atoms with van der Waals surface area (Å²) in [7, 11) is 0. The van der Waals surface area contributed by atoms with Crippen molar-refractivity contribution in [2.45, 2.75) is 25.7 Å². The van der Waals surface area contributed by atoms with Crippen molar-refractivity contribution in [3.8, 4) is 11.5 Å². The van der Waals surface area contributed by atoms with E-state index in [9.17, 15) is 4.79 Å². The maximum Gasteiger partial charge on any atom is 0.257 e. The maximum atomic E-state index is 13.1. The highest BCUT2D eigenvalue weighted by Gasteiger charge is 2.19. The Morgan fingerprint density at radius 1 is 1.00 bits per heavy atom. The number of anilines is 1. The Hall–Kier alpha value is -3.98. The van der Waals surface area contributed by atoms with Gasteiger partial charge in [-0.15, -0.1) is 11.8 Å². The molecular weight excluding hydrogens is 446 g/mol. The summed E-state index contributed by atoms with van der Waals surface area (Å²) in [6.45, 7) is 5.99. The lowest BCUT2D eigenvalue weighted by Crippen LogP contribution is -2.16. The molecule has 0 unspecified atom stereocenters. The van der Waals surface area contributed by atoms with Crippen LogP contribution in [0, 0.1) is 20.8 Å². The van der Waals surface area contributed by atoms with Crippen molar-refractivity contribution in [3.63, 3.8) is 0 Å². The van der Waals surface area contributed by atoms with Crippen molar-refractivity contribution in [1.29, 1.82) is 0 Å². The number of thioether (sulfide) groups is 1. The molecule has 0 spiro atoms. The van der Waals surface area contributed by atoms with E-state index in [4.69, 9.17) is 0 Å². The van der Waals surface area contributed by atoms with Gasteiger partial charge >= 0.3 is 0 Å². The Morgan fingerprint density at radius 3 is 2.62 bits per heavy atom. The molecule has 34 heavy (non-hydrogen) atoms. The van der Waals surface area contributed by atoms with E-state index >= 15 is 0 Å². The molecule has 1 amide bonds. The van der Waals surface area contributed by atoms with Crippen molar-refractivity contribution < 1.29 is 4.79 Å². The second-order valence-corrected chi connectivity index (χ2v) is 8.87. The molecule has 0 aliphatic heterocycles. The van der Waals surface area contributed by atoms with Crippen LogP contribution < -0.4 is 5.32 Å². The molecule has 2 aromatic carbocycles. The summed E-state index contributed by atoms with van der Waals surface area (Å²) in [5.41, 5.74) is 5.25. The van der Waals surface area contributed by atoms with Gasteiger partial charge < -0.3 is 5.32 Å². The van der Waals surface area contributed by atoms with Crippen LogP contribution in [0.25, 0.3) is 22.5 Å². The third kappa shape index (κ3) is 3.84. The summed E-state index contributed by atoms with van der Waals surface area (Å²) in [6.07, 6.45) is 5.17. The van der Waals surface area contributed by atoms with E-state index in [0.717, 1.165) is 27.2 Å². The van der Waals surface area contributed by atoms with Gasteiger partial charge in [-0.3, -0.25) is 4.79 Å². The predicted molar refractivity (Wildman–Crippen MR) is 134 cm³/mol. The van der Waals surface area contributed by atoms with Gasteiger partial charge in [0.25, 0.3) is 5.91 Å². The summed E-state index contributed by atoms with van der Waals surface area (Å²) in [5, 5.41) is 12.9. The van der Waals surface area contributed by atoms with Gasteiger partial charge in [-0.25, -0.2) is 14.6 Å². The highest BCUT2D eigenvalue weighted by atomic mass is 32.2. The first-order chi connectivity index (χ1) is 16.5. The van der Waals surface area contributed by atoms with Crippen LogP contribution in [0.1, 0.15) is 27.2 Å². The fourth-order valence-corrected chi connectivity index (χ4v) is 4.58. The number of rotatable bonds is 5. The molecule has 0 radical (unpaired) electrons. The Morgan fingerprint density at radius 2 is 1.82 bits per heavy atom. The number of hydrogen-bond acceptors (Lipinski definition) is 6. The number of nitrogens with zero attached hydrogens (tertiary/aromatic N) is 6. The summed E-state index contributed by atoms with van der Waals surface area (Å²) < 4.78 is 3.44. The molecule has 0 saturated heterocycles. The van der Waals surface area contributed by atoms with Crippen LogP contribution >= 0.6 is 11.8 Å². The van der Waals surface area contributed by atoms with Gasteiger partial charge in [0.15, 0.2) is 11.5 Å². The van der Waals surface area contributed by atoms with Crippen LogP contribution in [0.4, 0.5) is 5.82 Å². The van der Waals surface area contributed by atoms with E-state index in [1.165, 1.54) is 23.7 Å². The van der Waals surface area contributed by atoms with E-state index < -0.39 is 0 Å². The first-order valence-corrected chi connectivity index (χ1v) is 12.0. The summed E-state index contributed by atoms with van der Waals surface area (Å²) in [5.74, 6) is 0.864. The third-order valence-electron chi connectivity index (χ3n) is 5.55. The second kappa shape index (κ2) is 8.75. The van der Waals surface area contributed by atoms with Crippen LogP contribution in [-0.4, -0.2) is 41.7 Å². The van der Waals surface area contributed by atoms with Gasteiger partial charge in [0.05, 0.1) is 28.5 Å². The van der Waals surface area contributed by atoms with Crippen LogP contribution in [0.5, 0.6) is 0 Å². The van der Waals surface area contributed by atoms with E-state index in [0.29, 0.717) is 22.8 Å². The van der Waals surface area contributed by atoms with Crippen LogP contribution in [0.3, 0.4) is 0 Å². The molecule has 0 aliphatic rings. The minimum atomic E-state index is -0.206. The fraction of sp³-hybridized carbons (Fsp3) is 0.160. The van der Waals surface area contributed by atoms with Gasteiger partial charge in [0.1, 0.15) is 12.1 Å². The molecule has 5 aromatic rings. The number of benzene rings is 2. The summed E-state index contributed by atoms with van der Waals surface area (Å²) >= 11 is 1.53. The predicted octanol–water partition coefficient (Wildman–Crippen LogP) is 4.90. The van der Waals surface area contributed by atoms with Crippen LogP contribution in [0.15, 0.2) is 66.0 Å². The van der Waals surface area contributed by atoms with Gasteiger partial charge in [-0.2, -0.15) is 14.9 Å². The molecule has 0 fully saturated rings. The molecular formula is C25H23N7OS. The van der Waals surface area contributed by atoms with E-state index in [2.05, 4.69) is 51.5 Å². The summed E-state index contributed by atoms with van der Waals surface area (Å²) in [4.78, 5) is 23.0. The molecule has 0 atom stereocenters. The number of carbonyl (C=O) groups is 1. The zero-order valence-corrected chi connectivity index (χ0v) is 20.1. The fourth-order valence-electron chi connectivity index (χ4n) is 3.99. The SMILES string of the molecule is CSc1ccccc1C(=O)Nc1cc(C)nn1-c1ncnc2c1cnn2-c1ccc(C)cc1C. The number of carbonyl (C=O) groups excluding carboxylic acids is 1. The second-order valence-electron chi connectivity index (χ2n) is 8.02. The lowest BCUT2D eigenvalue weighted by atomic mass is 10.1. The average Bonchev–Trinajstić information content (AvgIpc) is 3.42. The normalized spacial score (nSPS) is 11.2. The Balaban J connectivity index is 1.58. The van der Waals surface area contributed by atoms with Crippen LogP contribution in [-0.2, 0) is 0 Å². The zero-order valence-electron chi connectivity index (χ0n) is 19.3. The van der Waals surface area contributed by atoms with Gasteiger partial charge in [0, 0.05) is 11.0 Å². The maximum absolute atomic E-state index is 13.1. The summed E-state index contributed by atoms with van der Waals surface area (Å²) in [6, 6.07) is 15.5. The molecule has 3 heterocycles. The van der Waals surface area contributed by atoms with Crippen molar-refractivity contribution in [2.75, 3.05) is 11.6 Å². The first kappa shape index (κ1) is 21.8. The van der Waals surface area contributed by atoms with Crippen molar-refractivity contribution >= 4 is 34.5 Å². The molecule has 1 N–H and O–H groups in total. The number of hydrogen-bond donors (Lipinski definition) is 1. The average molecular weight is 470 g/mol. The molecule has 0 saturated carbocycles. The Labute approximate surface area is 201 Å².